The highest BCUT2D eigenvalue weighted by molar-refractivity contribution is 6.30. The Morgan fingerprint density at radius 2 is 2.04 bits per heavy atom. The molecule has 1 atom stereocenters. The number of aliphatic carboxylic acids is 1. The second kappa shape index (κ2) is 7.94. The first-order valence-electron chi connectivity index (χ1n) is 7.10. The molecule has 0 aliphatic carbocycles. The SMILES string of the molecule is O=C(O)COCCNC(=O)C1CC(=O)N(c2ccc(Cl)cc2)C1. The first-order valence-corrected chi connectivity index (χ1v) is 7.48. The molecule has 1 aliphatic rings. The van der Waals surface area contributed by atoms with Crippen LogP contribution in [0.15, 0.2) is 24.3 Å². The number of benzene rings is 1. The lowest BCUT2D eigenvalue weighted by Gasteiger charge is -2.16. The molecule has 0 radical (unpaired) electrons. The van der Waals surface area contributed by atoms with E-state index in [1.165, 1.54) is 0 Å². The molecule has 2 N–H and O–H groups in total. The van der Waals surface area contributed by atoms with Crippen LogP contribution in [0.5, 0.6) is 0 Å². The van der Waals surface area contributed by atoms with E-state index in [9.17, 15) is 14.4 Å². The van der Waals surface area contributed by atoms with Crippen LogP contribution in [0.2, 0.25) is 5.02 Å². The van der Waals surface area contributed by atoms with Gasteiger partial charge in [-0.15, -0.1) is 0 Å². The van der Waals surface area contributed by atoms with E-state index < -0.39 is 18.5 Å². The van der Waals surface area contributed by atoms with Crippen LogP contribution < -0.4 is 10.2 Å². The van der Waals surface area contributed by atoms with Crippen molar-refractivity contribution in [1.29, 1.82) is 0 Å². The maximum absolute atomic E-state index is 12.0. The molecule has 2 rings (SSSR count). The van der Waals surface area contributed by atoms with Crippen LogP contribution in [0, 0.1) is 5.92 Å². The normalized spacial score (nSPS) is 17.3. The maximum Gasteiger partial charge on any atom is 0.329 e. The van der Waals surface area contributed by atoms with Crippen LogP contribution in [0.25, 0.3) is 0 Å². The van der Waals surface area contributed by atoms with Gasteiger partial charge in [0.2, 0.25) is 11.8 Å². The van der Waals surface area contributed by atoms with Crippen LogP contribution in [0.3, 0.4) is 0 Å². The van der Waals surface area contributed by atoms with Crippen molar-refractivity contribution in [2.45, 2.75) is 6.42 Å². The largest absolute Gasteiger partial charge is 0.480 e. The number of nitrogens with one attached hydrogen (secondary N) is 1. The predicted molar refractivity (Wildman–Crippen MR) is 83.4 cm³/mol. The number of carboxylic acid groups (broad SMARTS) is 1. The third kappa shape index (κ3) is 4.94. The van der Waals surface area contributed by atoms with E-state index in [0.29, 0.717) is 17.3 Å². The second-order valence-corrected chi connectivity index (χ2v) is 5.56. The number of nitrogens with zero attached hydrogens (tertiary/aromatic N) is 1. The predicted octanol–water partition coefficient (Wildman–Crippen LogP) is 0.910. The van der Waals surface area contributed by atoms with Gasteiger partial charge in [0.05, 0.1) is 12.5 Å². The van der Waals surface area contributed by atoms with E-state index in [2.05, 4.69) is 5.32 Å². The van der Waals surface area contributed by atoms with Crippen LogP contribution in [-0.4, -0.2) is 49.2 Å². The molecular weight excluding hydrogens is 324 g/mol. The van der Waals surface area contributed by atoms with Gasteiger partial charge >= 0.3 is 5.97 Å². The van der Waals surface area contributed by atoms with Crippen LogP contribution in [0.4, 0.5) is 5.69 Å². The van der Waals surface area contributed by atoms with E-state index in [0.717, 1.165) is 0 Å². The molecule has 1 aliphatic heterocycles. The molecule has 0 aromatic heterocycles. The minimum absolute atomic E-state index is 0.111. The molecule has 0 spiro atoms. The Morgan fingerprint density at radius 3 is 2.70 bits per heavy atom. The summed E-state index contributed by atoms with van der Waals surface area (Å²) in [5, 5.41) is 11.6. The Hall–Kier alpha value is -2.12. The molecule has 1 heterocycles. The maximum atomic E-state index is 12.0. The Morgan fingerprint density at radius 1 is 1.35 bits per heavy atom. The van der Waals surface area contributed by atoms with Crippen molar-refractivity contribution < 1.29 is 24.2 Å². The van der Waals surface area contributed by atoms with E-state index in [4.69, 9.17) is 21.4 Å². The number of carboxylic acids is 1. The summed E-state index contributed by atoms with van der Waals surface area (Å²) in [4.78, 5) is 35.9. The van der Waals surface area contributed by atoms with Crippen molar-refractivity contribution in [1.82, 2.24) is 5.32 Å². The van der Waals surface area contributed by atoms with Crippen LogP contribution >= 0.6 is 11.6 Å². The zero-order valence-electron chi connectivity index (χ0n) is 12.3. The van der Waals surface area contributed by atoms with Crippen LogP contribution in [-0.2, 0) is 19.1 Å². The number of amides is 2. The van der Waals surface area contributed by atoms with Crippen molar-refractivity contribution >= 4 is 35.1 Å². The van der Waals surface area contributed by atoms with Gasteiger partial charge in [-0.2, -0.15) is 0 Å². The zero-order chi connectivity index (χ0) is 16.8. The van der Waals surface area contributed by atoms with Crippen molar-refractivity contribution in [2.75, 3.05) is 31.2 Å². The minimum Gasteiger partial charge on any atom is -0.480 e. The number of hydrogen-bond acceptors (Lipinski definition) is 4. The molecule has 1 fully saturated rings. The summed E-state index contributed by atoms with van der Waals surface area (Å²) in [6, 6.07) is 6.86. The van der Waals surface area contributed by atoms with Crippen molar-refractivity contribution in [3.05, 3.63) is 29.3 Å². The molecule has 0 saturated carbocycles. The fourth-order valence-electron chi connectivity index (χ4n) is 2.30. The van der Waals surface area contributed by atoms with Crippen LogP contribution in [0.1, 0.15) is 6.42 Å². The highest BCUT2D eigenvalue weighted by Gasteiger charge is 2.34. The Kier molecular flexibility index (Phi) is 5.95. The molecule has 2 amide bonds. The van der Waals surface area contributed by atoms with Gasteiger partial charge in [0.1, 0.15) is 6.61 Å². The molecule has 23 heavy (non-hydrogen) atoms. The second-order valence-electron chi connectivity index (χ2n) is 5.12. The number of halogens is 1. The first kappa shape index (κ1) is 17.2. The molecule has 8 heteroatoms. The molecule has 1 aromatic carbocycles. The Labute approximate surface area is 138 Å². The van der Waals surface area contributed by atoms with Gasteiger partial charge < -0.3 is 20.1 Å². The summed E-state index contributed by atoms with van der Waals surface area (Å²) in [5.41, 5.74) is 0.708. The fraction of sp³-hybridized carbons (Fsp3) is 0.400. The number of ether oxygens (including phenoxy) is 1. The lowest BCUT2D eigenvalue weighted by molar-refractivity contribution is -0.142. The Bertz CT molecular complexity index is 590. The summed E-state index contributed by atoms with van der Waals surface area (Å²) in [6.45, 7) is 0.224. The molecule has 1 saturated heterocycles. The minimum atomic E-state index is -1.06. The van der Waals surface area contributed by atoms with Gasteiger partial charge in [0.25, 0.3) is 0 Å². The average molecular weight is 341 g/mol. The van der Waals surface area contributed by atoms with E-state index in [-0.39, 0.29) is 31.4 Å². The Balaban J connectivity index is 1.81. The standard InChI is InChI=1S/C15H17ClN2O5/c16-11-1-3-12(4-2-11)18-8-10(7-13(18)19)15(22)17-5-6-23-9-14(20)21/h1-4,10H,5-9H2,(H,17,22)(H,20,21). The molecule has 7 nitrogen and oxygen atoms in total. The van der Waals surface area contributed by atoms with E-state index in [1.807, 2.05) is 0 Å². The summed E-state index contributed by atoms with van der Waals surface area (Å²) < 4.78 is 4.83. The van der Waals surface area contributed by atoms with Gasteiger partial charge in [0, 0.05) is 30.2 Å². The number of carbonyl (C=O) groups is 3. The van der Waals surface area contributed by atoms with Gasteiger partial charge in [-0.3, -0.25) is 9.59 Å². The van der Waals surface area contributed by atoms with E-state index in [1.54, 1.807) is 29.2 Å². The topological polar surface area (TPSA) is 95.9 Å². The summed E-state index contributed by atoms with van der Waals surface area (Å²) >= 11 is 5.82. The van der Waals surface area contributed by atoms with Crippen molar-refractivity contribution in [3.8, 4) is 0 Å². The lowest BCUT2D eigenvalue weighted by Crippen LogP contribution is -2.35. The van der Waals surface area contributed by atoms with Gasteiger partial charge in [0.15, 0.2) is 0 Å². The fourth-order valence-corrected chi connectivity index (χ4v) is 2.43. The molecular formula is C15H17ClN2O5. The molecule has 0 bridgehead atoms. The molecule has 1 aromatic rings. The highest BCUT2D eigenvalue weighted by Crippen LogP contribution is 2.26. The molecule has 1 unspecified atom stereocenters. The quantitative estimate of drug-likeness (QED) is 0.719. The van der Waals surface area contributed by atoms with Gasteiger partial charge in [-0.05, 0) is 24.3 Å². The summed E-state index contributed by atoms with van der Waals surface area (Å²) in [7, 11) is 0. The summed E-state index contributed by atoms with van der Waals surface area (Å²) in [5.74, 6) is -1.85. The summed E-state index contributed by atoms with van der Waals surface area (Å²) in [6.07, 6.45) is 0.143. The number of hydrogen-bond donors (Lipinski definition) is 2. The number of rotatable bonds is 7. The average Bonchev–Trinajstić information content (AvgIpc) is 2.89. The third-order valence-corrected chi connectivity index (χ3v) is 3.66. The smallest absolute Gasteiger partial charge is 0.329 e. The van der Waals surface area contributed by atoms with Crippen molar-refractivity contribution in [2.24, 2.45) is 5.92 Å². The van der Waals surface area contributed by atoms with Gasteiger partial charge in [-0.1, -0.05) is 11.6 Å². The first-order chi connectivity index (χ1) is 11.0. The monoisotopic (exact) mass is 340 g/mol. The molecule has 124 valence electrons. The number of anilines is 1. The third-order valence-electron chi connectivity index (χ3n) is 3.41. The lowest BCUT2D eigenvalue weighted by atomic mass is 10.1. The van der Waals surface area contributed by atoms with Crippen molar-refractivity contribution in [3.63, 3.8) is 0 Å². The van der Waals surface area contributed by atoms with E-state index >= 15 is 0 Å². The van der Waals surface area contributed by atoms with Gasteiger partial charge in [-0.25, -0.2) is 4.79 Å². The number of carbonyl (C=O) groups excluding carboxylic acids is 2. The highest BCUT2D eigenvalue weighted by atomic mass is 35.5. The zero-order valence-corrected chi connectivity index (χ0v) is 13.1.